The van der Waals surface area contributed by atoms with Gasteiger partial charge in [0.05, 0.1) is 13.1 Å². The highest BCUT2D eigenvalue weighted by Gasteiger charge is 2.20. The van der Waals surface area contributed by atoms with E-state index in [4.69, 9.17) is 4.74 Å². The first kappa shape index (κ1) is 16.2. The first-order chi connectivity index (χ1) is 10.1. The average molecular weight is 298 g/mol. The smallest absolute Gasteiger partial charge is 0.236 e. The van der Waals surface area contributed by atoms with E-state index < -0.39 is 0 Å². The highest BCUT2D eigenvalue weighted by molar-refractivity contribution is 5.81. The number of carbonyl (C=O) groups is 2. The fourth-order valence-electron chi connectivity index (χ4n) is 2.66. The van der Waals surface area contributed by atoms with Crippen molar-refractivity contribution in [2.75, 3.05) is 59.5 Å². The monoisotopic (exact) mass is 298 g/mol. The summed E-state index contributed by atoms with van der Waals surface area (Å²) in [5.74, 6) is 0.0791. The molecule has 21 heavy (non-hydrogen) atoms. The maximum atomic E-state index is 12.1. The van der Waals surface area contributed by atoms with Crippen LogP contribution in [-0.4, -0.2) is 87.2 Å². The van der Waals surface area contributed by atoms with Crippen LogP contribution in [0.15, 0.2) is 0 Å². The van der Waals surface area contributed by atoms with E-state index in [1.165, 1.54) is 0 Å². The Morgan fingerprint density at radius 1 is 1.24 bits per heavy atom. The average Bonchev–Trinajstić information content (AvgIpc) is 2.48. The van der Waals surface area contributed by atoms with Crippen LogP contribution >= 0.6 is 0 Å². The third-order valence-corrected chi connectivity index (χ3v) is 3.87. The molecule has 0 bridgehead atoms. The number of piperazine rings is 1. The summed E-state index contributed by atoms with van der Waals surface area (Å²) in [5, 5.41) is 6.23. The third kappa shape index (κ3) is 5.61. The summed E-state index contributed by atoms with van der Waals surface area (Å²) in [4.78, 5) is 27.7. The highest BCUT2D eigenvalue weighted by Crippen LogP contribution is 2.05. The Hall–Kier alpha value is -1.18. The van der Waals surface area contributed by atoms with E-state index in [1.807, 2.05) is 11.9 Å². The molecule has 7 heteroatoms. The lowest BCUT2D eigenvalue weighted by Gasteiger charge is -2.29. The van der Waals surface area contributed by atoms with Crippen LogP contribution in [0.1, 0.15) is 12.8 Å². The van der Waals surface area contributed by atoms with Crippen molar-refractivity contribution in [2.24, 2.45) is 0 Å². The number of carbonyl (C=O) groups excluding carboxylic acids is 2. The SMILES string of the molecule is CN(CC(=O)NC1CCOCC1)CC(=O)N1CCNCC1. The topological polar surface area (TPSA) is 73.9 Å². The summed E-state index contributed by atoms with van der Waals surface area (Å²) in [7, 11) is 1.81. The Kier molecular flexibility index (Phi) is 6.41. The second kappa shape index (κ2) is 8.31. The van der Waals surface area contributed by atoms with Gasteiger partial charge in [0.25, 0.3) is 0 Å². The standard InChI is InChI=1S/C14H26N4O3/c1-17(11-14(20)18-6-4-15-5-7-18)10-13(19)16-12-2-8-21-9-3-12/h12,15H,2-11H2,1H3,(H,16,19). The van der Waals surface area contributed by atoms with E-state index in [2.05, 4.69) is 10.6 Å². The molecule has 2 heterocycles. The van der Waals surface area contributed by atoms with Crippen LogP contribution in [0.5, 0.6) is 0 Å². The van der Waals surface area contributed by atoms with Crippen LogP contribution in [-0.2, 0) is 14.3 Å². The van der Waals surface area contributed by atoms with Gasteiger partial charge in [0.15, 0.2) is 0 Å². The van der Waals surface area contributed by atoms with Gasteiger partial charge in [-0.15, -0.1) is 0 Å². The molecule has 0 aromatic carbocycles. The first-order valence-electron chi connectivity index (χ1n) is 7.69. The maximum Gasteiger partial charge on any atom is 0.236 e. The molecule has 2 amide bonds. The Labute approximate surface area is 126 Å². The van der Waals surface area contributed by atoms with Gasteiger partial charge in [0, 0.05) is 45.4 Å². The summed E-state index contributed by atoms with van der Waals surface area (Å²) in [6, 6.07) is 0.212. The third-order valence-electron chi connectivity index (χ3n) is 3.87. The van der Waals surface area contributed by atoms with Crippen LogP contribution in [0.3, 0.4) is 0 Å². The molecule has 0 aromatic rings. The summed E-state index contributed by atoms with van der Waals surface area (Å²) in [6.45, 7) is 5.17. The quantitative estimate of drug-likeness (QED) is 0.656. The van der Waals surface area contributed by atoms with Gasteiger partial charge in [-0.05, 0) is 19.9 Å². The fraction of sp³-hybridized carbons (Fsp3) is 0.857. The molecule has 0 saturated carbocycles. The Balaban J connectivity index is 1.66. The molecule has 0 aromatic heterocycles. The molecule has 2 rings (SSSR count). The van der Waals surface area contributed by atoms with Gasteiger partial charge >= 0.3 is 0 Å². The van der Waals surface area contributed by atoms with E-state index in [0.29, 0.717) is 19.8 Å². The van der Waals surface area contributed by atoms with Crippen molar-refractivity contribution in [1.29, 1.82) is 0 Å². The minimum Gasteiger partial charge on any atom is -0.381 e. The summed E-state index contributed by atoms with van der Waals surface area (Å²) >= 11 is 0. The van der Waals surface area contributed by atoms with Gasteiger partial charge in [-0.25, -0.2) is 0 Å². The van der Waals surface area contributed by atoms with Gasteiger partial charge in [0.2, 0.25) is 11.8 Å². The normalized spacial score (nSPS) is 20.6. The van der Waals surface area contributed by atoms with Crippen molar-refractivity contribution in [1.82, 2.24) is 20.4 Å². The van der Waals surface area contributed by atoms with Crippen LogP contribution in [0.4, 0.5) is 0 Å². The molecule has 2 aliphatic rings. The van der Waals surface area contributed by atoms with E-state index >= 15 is 0 Å². The predicted molar refractivity (Wildman–Crippen MR) is 78.9 cm³/mol. The van der Waals surface area contributed by atoms with Crippen LogP contribution in [0.2, 0.25) is 0 Å². The largest absolute Gasteiger partial charge is 0.381 e. The highest BCUT2D eigenvalue weighted by atomic mass is 16.5. The summed E-state index contributed by atoms with van der Waals surface area (Å²) in [6.07, 6.45) is 1.74. The molecule has 0 aliphatic carbocycles. The van der Waals surface area contributed by atoms with Gasteiger partial charge in [-0.2, -0.15) is 0 Å². The minimum atomic E-state index is -0.0162. The molecule has 120 valence electrons. The summed E-state index contributed by atoms with van der Waals surface area (Å²) < 4.78 is 5.27. The molecular formula is C14H26N4O3. The number of hydrogen-bond acceptors (Lipinski definition) is 5. The number of hydrogen-bond donors (Lipinski definition) is 2. The number of likely N-dealkylation sites (N-methyl/N-ethyl adjacent to an activating group) is 1. The molecule has 2 saturated heterocycles. The van der Waals surface area contributed by atoms with Crippen LogP contribution < -0.4 is 10.6 Å². The number of rotatable bonds is 5. The van der Waals surface area contributed by atoms with E-state index in [-0.39, 0.29) is 24.4 Å². The Bertz CT molecular complexity index is 352. The van der Waals surface area contributed by atoms with Crippen molar-refractivity contribution in [2.45, 2.75) is 18.9 Å². The maximum absolute atomic E-state index is 12.1. The van der Waals surface area contributed by atoms with Crippen molar-refractivity contribution >= 4 is 11.8 Å². The van der Waals surface area contributed by atoms with Gasteiger partial charge in [0.1, 0.15) is 0 Å². The van der Waals surface area contributed by atoms with Crippen molar-refractivity contribution in [3.8, 4) is 0 Å². The van der Waals surface area contributed by atoms with E-state index in [9.17, 15) is 9.59 Å². The van der Waals surface area contributed by atoms with Crippen molar-refractivity contribution in [3.63, 3.8) is 0 Å². The molecule has 0 unspecified atom stereocenters. The van der Waals surface area contributed by atoms with E-state index in [1.54, 1.807) is 4.90 Å². The molecular weight excluding hydrogens is 272 g/mol. The number of amides is 2. The second-order valence-corrected chi connectivity index (χ2v) is 5.76. The molecule has 2 fully saturated rings. The molecule has 7 nitrogen and oxygen atoms in total. The van der Waals surface area contributed by atoms with Gasteiger partial charge in [-0.3, -0.25) is 14.5 Å². The summed E-state index contributed by atoms with van der Waals surface area (Å²) in [5.41, 5.74) is 0. The fourth-order valence-corrected chi connectivity index (χ4v) is 2.66. The zero-order valence-electron chi connectivity index (χ0n) is 12.8. The zero-order chi connectivity index (χ0) is 15.1. The Morgan fingerprint density at radius 2 is 1.90 bits per heavy atom. The molecule has 0 spiro atoms. The minimum absolute atomic E-state index is 0.0162. The predicted octanol–water partition coefficient (Wildman–Crippen LogP) is -1.35. The van der Waals surface area contributed by atoms with Gasteiger partial charge < -0.3 is 20.3 Å². The molecule has 2 N–H and O–H groups in total. The first-order valence-corrected chi connectivity index (χ1v) is 7.69. The molecule has 0 atom stereocenters. The number of ether oxygens (including phenoxy) is 1. The van der Waals surface area contributed by atoms with Crippen molar-refractivity contribution < 1.29 is 14.3 Å². The molecule has 2 aliphatic heterocycles. The number of nitrogens with one attached hydrogen (secondary N) is 2. The lowest BCUT2D eigenvalue weighted by molar-refractivity contribution is -0.133. The number of nitrogens with zero attached hydrogens (tertiary/aromatic N) is 2. The van der Waals surface area contributed by atoms with Gasteiger partial charge in [-0.1, -0.05) is 0 Å². The van der Waals surface area contributed by atoms with Crippen LogP contribution in [0, 0.1) is 0 Å². The van der Waals surface area contributed by atoms with Crippen LogP contribution in [0.25, 0.3) is 0 Å². The van der Waals surface area contributed by atoms with Crippen molar-refractivity contribution in [3.05, 3.63) is 0 Å². The lowest BCUT2D eigenvalue weighted by Crippen LogP contribution is -2.50. The zero-order valence-corrected chi connectivity index (χ0v) is 12.8. The second-order valence-electron chi connectivity index (χ2n) is 5.76. The molecule has 0 radical (unpaired) electrons. The lowest BCUT2D eigenvalue weighted by atomic mass is 10.1. The van der Waals surface area contributed by atoms with E-state index in [0.717, 1.165) is 39.0 Å². The Morgan fingerprint density at radius 3 is 2.57 bits per heavy atom.